The quantitative estimate of drug-likeness (QED) is 0.245. The first-order valence-corrected chi connectivity index (χ1v) is 9.47. The van der Waals surface area contributed by atoms with Crippen LogP contribution in [0.15, 0.2) is 34.3 Å². The molecule has 1 aliphatic rings. The lowest BCUT2D eigenvalue weighted by molar-refractivity contribution is -0.139. The Morgan fingerprint density at radius 2 is 1.96 bits per heavy atom. The van der Waals surface area contributed by atoms with Gasteiger partial charge < -0.3 is 10.1 Å². The van der Waals surface area contributed by atoms with E-state index in [4.69, 9.17) is 4.74 Å². The van der Waals surface area contributed by atoms with E-state index in [1.807, 2.05) is 30.5 Å². The lowest BCUT2D eigenvalue weighted by Crippen LogP contribution is -2.40. The molecule has 0 spiro atoms. The lowest BCUT2D eigenvalue weighted by Gasteiger charge is -2.26. The highest BCUT2D eigenvalue weighted by atomic mass is 32.2. The van der Waals surface area contributed by atoms with E-state index in [1.54, 1.807) is 11.8 Å². The van der Waals surface area contributed by atoms with Gasteiger partial charge in [-0.3, -0.25) is 14.5 Å². The standard InChI is InChI=1S/C17H24N4O3S/c1-25-15-5-3-14(4-6-15)13-19-20-17(23)16(22)18-7-2-8-21-9-11-24-12-10-21/h3-6,13H,2,7-12H2,1H3,(H,18,22)(H,20,23)/b19-13+. The fourth-order valence-electron chi connectivity index (χ4n) is 2.32. The summed E-state index contributed by atoms with van der Waals surface area (Å²) in [4.78, 5) is 26.8. The van der Waals surface area contributed by atoms with Crippen molar-refractivity contribution < 1.29 is 14.3 Å². The van der Waals surface area contributed by atoms with Gasteiger partial charge in [0.1, 0.15) is 0 Å². The van der Waals surface area contributed by atoms with Gasteiger partial charge in [-0.25, -0.2) is 5.43 Å². The number of hydrazone groups is 1. The first-order chi connectivity index (χ1) is 12.2. The molecule has 2 rings (SSSR count). The van der Waals surface area contributed by atoms with Crippen molar-refractivity contribution >= 4 is 29.8 Å². The maximum atomic E-state index is 11.7. The van der Waals surface area contributed by atoms with E-state index in [1.165, 1.54) is 6.21 Å². The summed E-state index contributed by atoms with van der Waals surface area (Å²) in [6, 6.07) is 7.73. The van der Waals surface area contributed by atoms with E-state index in [0.29, 0.717) is 6.54 Å². The summed E-state index contributed by atoms with van der Waals surface area (Å²) in [5, 5.41) is 6.41. The highest BCUT2D eigenvalue weighted by Gasteiger charge is 2.13. The molecule has 0 unspecified atom stereocenters. The van der Waals surface area contributed by atoms with Crippen LogP contribution in [0.25, 0.3) is 0 Å². The van der Waals surface area contributed by atoms with E-state index in [-0.39, 0.29) is 0 Å². The van der Waals surface area contributed by atoms with Crippen molar-refractivity contribution in [3.05, 3.63) is 29.8 Å². The van der Waals surface area contributed by atoms with Gasteiger partial charge in [0.15, 0.2) is 0 Å². The number of hydrogen-bond acceptors (Lipinski definition) is 6. The van der Waals surface area contributed by atoms with Crippen LogP contribution in [-0.4, -0.2) is 68.6 Å². The largest absolute Gasteiger partial charge is 0.379 e. The molecule has 0 bridgehead atoms. The van der Waals surface area contributed by atoms with Crippen LogP contribution in [0, 0.1) is 0 Å². The van der Waals surface area contributed by atoms with Crippen molar-refractivity contribution in [1.82, 2.24) is 15.6 Å². The Morgan fingerprint density at radius 3 is 2.64 bits per heavy atom. The van der Waals surface area contributed by atoms with Crippen LogP contribution in [0.4, 0.5) is 0 Å². The number of nitrogens with zero attached hydrogens (tertiary/aromatic N) is 2. The van der Waals surface area contributed by atoms with Gasteiger partial charge in [-0.05, 0) is 36.9 Å². The number of nitrogens with one attached hydrogen (secondary N) is 2. The highest BCUT2D eigenvalue weighted by molar-refractivity contribution is 7.98. The summed E-state index contributed by atoms with van der Waals surface area (Å²) < 4.78 is 5.28. The number of morpholine rings is 1. The molecule has 1 aromatic rings. The van der Waals surface area contributed by atoms with Crippen LogP contribution in [0.3, 0.4) is 0 Å². The predicted molar refractivity (Wildman–Crippen MR) is 98.8 cm³/mol. The molecule has 0 saturated carbocycles. The maximum absolute atomic E-state index is 11.7. The van der Waals surface area contributed by atoms with E-state index in [2.05, 4.69) is 20.7 Å². The molecule has 7 nitrogen and oxygen atoms in total. The molecular formula is C17H24N4O3S. The topological polar surface area (TPSA) is 83.0 Å². The van der Waals surface area contributed by atoms with Crippen molar-refractivity contribution in [2.75, 3.05) is 45.6 Å². The number of ether oxygens (including phenoxy) is 1. The number of carbonyl (C=O) groups excluding carboxylic acids is 2. The van der Waals surface area contributed by atoms with Gasteiger partial charge in [0, 0.05) is 24.5 Å². The third-order valence-corrected chi connectivity index (χ3v) is 4.49. The molecule has 0 aromatic heterocycles. The molecule has 1 saturated heterocycles. The number of benzene rings is 1. The Kier molecular flexibility index (Phi) is 8.44. The van der Waals surface area contributed by atoms with Gasteiger partial charge >= 0.3 is 11.8 Å². The van der Waals surface area contributed by atoms with Crippen molar-refractivity contribution in [3.8, 4) is 0 Å². The molecule has 136 valence electrons. The molecule has 1 aliphatic heterocycles. The molecule has 1 heterocycles. The minimum Gasteiger partial charge on any atom is -0.379 e. The van der Waals surface area contributed by atoms with Crippen LogP contribution in [0.1, 0.15) is 12.0 Å². The van der Waals surface area contributed by atoms with E-state index in [0.717, 1.165) is 49.7 Å². The molecule has 2 N–H and O–H groups in total. The average molecular weight is 364 g/mol. The minimum absolute atomic E-state index is 0.462. The minimum atomic E-state index is -0.761. The van der Waals surface area contributed by atoms with Gasteiger partial charge in [-0.1, -0.05) is 12.1 Å². The molecule has 0 aliphatic carbocycles. The Labute approximate surface area is 152 Å². The Hall–Kier alpha value is -1.90. The summed E-state index contributed by atoms with van der Waals surface area (Å²) in [6.07, 6.45) is 4.31. The first kappa shape index (κ1) is 19.4. The SMILES string of the molecule is CSc1ccc(/C=N/NC(=O)C(=O)NCCCN2CCOCC2)cc1. The lowest BCUT2D eigenvalue weighted by atomic mass is 10.2. The predicted octanol–water partition coefficient (Wildman–Crippen LogP) is 0.697. The summed E-state index contributed by atoms with van der Waals surface area (Å²) in [6.45, 7) is 4.70. The fourth-order valence-corrected chi connectivity index (χ4v) is 2.72. The smallest absolute Gasteiger partial charge is 0.329 e. The average Bonchev–Trinajstić information content (AvgIpc) is 2.66. The molecule has 25 heavy (non-hydrogen) atoms. The van der Waals surface area contributed by atoms with Gasteiger partial charge in [0.25, 0.3) is 0 Å². The number of amides is 2. The van der Waals surface area contributed by atoms with Crippen LogP contribution in [0.5, 0.6) is 0 Å². The Morgan fingerprint density at radius 1 is 1.24 bits per heavy atom. The van der Waals surface area contributed by atoms with E-state index in [9.17, 15) is 9.59 Å². The zero-order chi connectivity index (χ0) is 17.9. The highest BCUT2D eigenvalue weighted by Crippen LogP contribution is 2.13. The van der Waals surface area contributed by atoms with Crippen LogP contribution in [0.2, 0.25) is 0 Å². The van der Waals surface area contributed by atoms with E-state index >= 15 is 0 Å². The van der Waals surface area contributed by atoms with Crippen molar-refractivity contribution in [1.29, 1.82) is 0 Å². The monoisotopic (exact) mass is 364 g/mol. The molecule has 0 atom stereocenters. The Bertz CT molecular complexity index is 586. The molecular weight excluding hydrogens is 340 g/mol. The van der Waals surface area contributed by atoms with Gasteiger partial charge in [-0.15, -0.1) is 11.8 Å². The molecule has 1 fully saturated rings. The summed E-state index contributed by atoms with van der Waals surface area (Å²) in [5.74, 6) is -1.43. The van der Waals surface area contributed by atoms with Crippen molar-refractivity contribution in [3.63, 3.8) is 0 Å². The van der Waals surface area contributed by atoms with Crippen molar-refractivity contribution in [2.45, 2.75) is 11.3 Å². The third kappa shape index (κ3) is 7.25. The molecule has 0 radical (unpaired) electrons. The number of rotatable bonds is 7. The zero-order valence-electron chi connectivity index (χ0n) is 14.4. The second-order valence-electron chi connectivity index (χ2n) is 5.54. The second kappa shape index (κ2) is 10.9. The summed E-state index contributed by atoms with van der Waals surface area (Å²) in [5.41, 5.74) is 3.09. The molecule has 1 aromatic carbocycles. The van der Waals surface area contributed by atoms with E-state index < -0.39 is 11.8 Å². The van der Waals surface area contributed by atoms with Crippen LogP contribution >= 0.6 is 11.8 Å². The number of hydrogen-bond donors (Lipinski definition) is 2. The Balaban J connectivity index is 1.62. The van der Waals surface area contributed by atoms with Gasteiger partial charge in [0.2, 0.25) is 0 Å². The molecule has 8 heteroatoms. The maximum Gasteiger partial charge on any atom is 0.329 e. The summed E-state index contributed by atoms with van der Waals surface area (Å²) in [7, 11) is 0. The number of thioether (sulfide) groups is 1. The normalized spacial score (nSPS) is 15.2. The second-order valence-corrected chi connectivity index (χ2v) is 6.42. The van der Waals surface area contributed by atoms with Crippen molar-refractivity contribution in [2.24, 2.45) is 5.10 Å². The summed E-state index contributed by atoms with van der Waals surface area (Å²) >= 11 is 1.65. The third-order valence-electron chi connectivity index (χ3n) is 3.74. The fraction of sp³-hybridized carbons (Fsp3) is 0.471. The first-order valence-electron chi connectivity index (χ1n) is 8.24. The van der Waals surface area contributed by atoms with Crippen LogP contribution in [-0.2, 0) is 14.3 Å². The van der Waals surface area contributed by atoms with Crippen LogP contribution < -0.4 is 10.7 Å². The number of carbonyl (C=O) groups is 2. The van der Waals surface area contributed by atoms with Gasteiger partial charge in [0.05, 0.1) is 19.4 Å². The zero-order valence-corrected chi connectivity index (χ0v) is 15.2. The van der Waals surface area contributed by atoms with Gasteiger partial charge in [-0.2, -0.15) is 5.10 Å². The molecule has 2 amide bonds.